The van der Waals surface area contributed by atoms with Gasteiger partial charge in [0.05, 0.1) is 45.8 Å². The Hall–Kier alpha value is -3.36. The Bertz CT molecular complexity index is 1090. The number of hydrogen-bond acceptors (Lipinski definition) is 5. The van der Waals surface area contributed by atoms with Gasteiger partial charge in [0.25, 0.3) is 10.2 Å². The van der Waals surface area contributed by atoms with Gasteiger partial charge in [-0.25, -0.2) is 4.79 Å². The molecule has 0 radical (unpaired) electrons. The molecule has 35 heavy (non-hydrogen) atoms. The Morgan fingerprint density at radius 1 is 1.00 bits per heavy atom. The summed E-state index contributed by atoms with van der Waals surface area (Å²) in [5, 5.41) is 16.2. The van der Waals surface area contributed by atoms with Gasteiger partial charge in [0, 0.05) is 6.07 Å². The fourth-order valence-corrected chi connectivity index (χ4v) is 3.76. The van der Waals surface area contributed by atoms with Crippen LogP contribution in [0.4, 0.5) is 18.9 Å². The molecule has 0 saturated carbocycles. The van der Waals surface area contributed by atoms with E-state index in [1.54, 1.807) is 36.4 Å². The Morgan fingerprint density at radius 3 is 2.03 bits per heavy atom. The molecule has 0 amide bonds. The minimum atomic E-state index is -5.08. The van der Waals surface area contributed by atoms with E-state index < -0.39 is 34.4 Å². The first-order valence-corrected chi connectivity index (χ1v) is 11.4. The summed E-state index contributed by atoms with van der Waals surface area (Å²) in [5.74, 6) is -2.73. The van der Waals surface area contributed by atoms with Crippen molar-refractivity contribution in [2.45, 2.75) is 18.6 Å². The van der Waals surface area contributed by atoms with Gasteiger partial charge in [-0.2, -0.15) is 26.3 Å². The molecule has 0 aliphatic carbocycles. The molecule has 10 nitrogen and oxygen atoms in total. The highest BCUT2D eigenvalue weighted by Crippen LogP contribution is 2.24. The Morgan fingerprint density at radius 2 is 1.54 bits per heavy atom. The summed E-state index contributed by atoms with van der Waals surface area (Å²) < 4.78 is 67.7. The van der Waals surface area contributed by atoms with Crippen molar-refractivity contribution in [3.8, 4) is 11.5 Å². The molecule has 1 atom stereocenters. The van der Waals surface area contributed by atoms with Crippen LogP contribution < -0.4 is 14.2 Å². The van der Waals surface area contributed by atoms with Gasteiger partial charge in [0.15, 0.2) is 0 Å². The minimum absolute atomic E-state index is 0.306. The lowest BCUT2D eigenvalue weighted by molar-refractivity contribution is -0.871. The maximum Gasteiger partial charge on any atom is 0.490 e. The standard InChI is InChI=1S/C19H25N3O5S.C2HF3O2/c1-22(2,3)14-16(13-19(23)24)21-28(25,26)20-15-8-7-11-18(12-15)27-17-9-5-4-6-10-17;3-2(4,5)1(6)7/h4-12,16,20-21H,13-14H2,1-3H3;(H,6,7)/p+1/t16-;/m1./s1. The number of anilines is 1. The molecule has 2 aromatic carbocycles. The summed E-state index contributed by atoms with van der Waals surface area (Å²) in [6.45, 7) is 0.324. The van der Waals surface area contributed by atoms with Gasteiger partial charge in [0.2, 0.25) is 0 Å². The monoisotopic (exact) mass is 522 g/mol. The summed E-state index contributed by atoms with van der Waals surface area (Å²) in [5.41, 5.74) is 0.306. The molecule has 0 aromatic heterocycles. The topological polar surface area (TPSA) is 142 Å². The van der Waals surface area contributed by atoms with Crippen LogP contribution in [-0.4, -0.2) is 75.0 Å². The first-order chi connectivity index (χ1) is 16.0. The second-order valence-corrected chi connectivity index (χ2v) is 9.68. The lowest BCUT2D eigenvalue weighted by atomic mass is 10.2. The lowest BCUT2D eigenvalue weighted by Crippen LogP contribution is -2.50. The molecule has 0 spiro atoms. The molecule has 0 fully saturated rings. The van der Waals surface area contributed by atoms with E-state index in [1.807, 2.05) is 39.3 Å². The van der Waals surface area contributed by atoms with Gasteiger partial charge >= 0.3 is 18.1 Å². The number of alkyl halides is 3. The van der Waals surface area contributed by atoms with Crippen LogP contribution in [0, 0.1) is 0 Å². The van der Waals surface area contributed by atoms with Gasteiger partial charge in [0.1, 0.15) is 11.5 Å². The van der Waals surface area contributed by atoms with Gasteiger partial charge in [-0.15, -0.1) is 0 Å². The quantitative estimate of drug-likeness (QED) is 0.352. The molecular formula is C21H27F3N3O7S+. The van der Waals surface area contributed by atoms with E-state index in [4.69, 9.17) is 19.7 Å². The Labute approximate surface area is 200 Å². The van der Waals surface area contributed by atoms with Crippen molar-refractivity contribution in [3.05, 3.63) is 54.6 Å². The number of rotatable bonds is 10. The molecule has 0 aliphatic heterocycles. The van der Waals surface area contributed by atoms with E-state index in [1.165, 1.54) is 0 Å². The van der Waals surface area contributed by atoms with Gasteiger partial charge in [-0.1, -0.05) is 24.3 Å². The number of likely N-dealkylation sites (N-methyl/N-ethyl adjacent to an activating group) is 1. The third-order valence-corrected chi connectivity index (χ3v) is 4.97. The molecule has 14 heteroatoms. The summed E-state index contributed by atoms with van der Waals surface area (Å²) in [7, 11) is 1.62. The molecule has 4 N–H and O–H groups in total. The Balaban J connectivity index is 0.000000762. The number of hydrogen-bond donors (Lipinski definition) is 4. The number of aliphatic carboxylic acids is 2. The second kappa shape index (κ2) is 12.4. The van der Waals surface area contributed by atoms with E-state index in [2.05, 4.69) is 9.44 Å². The summed E-state index contributed by atoms with van der Waals surface area (Å²) >= 11 is 0. The highest BCUT2D eigenvalue weighted by Gasteiger charge is 2.38. The summed E-state index contributed by atoms with van der Waals surface area (Å²) in [6.07, 6.45) is -5.40. The predicted octanol–water partition coefficient (Wildman–Crippen LogP) is 2.91. The fourth-order valence-electron chi connectivity index (χ4n) is 2.67. The SMILES string of the molecule is C[N+](C)(C)C[C@@H](CC(=O)O)NS(=O)(=O)Nc1cccc(Oc2ccccc2)c1.O=C(O)C(F)(F)F. The van der Waals surface area contributed by atoms with Crippen LogP contribution in [0.2, 0.25) is 0 Å². The number of nitrogens with zero attached hydrogens (tertiary/aromatic N) is 1. The average molecular weight is 523 g/mol. The molecule has 194 valence electrons. The molecule has 0 bridgehead atoms. The summed E-state index contributed by atoms with van der Waals surface area (Å²) in [6, 6.07) is 14.9. The van der Waals surface area contributed by atoms with E-state index in [0.717, 1.165) is 0 Å². The molecule has 2 aromatic rings. The van der Waals surface area contributed by atoms with Crippen molar-refractivity contribution >= 4 is 27.8 Å². The molecule has 2 rings (SSSR count). The number of para-hydroxylation sites is 1. The number of carbonyl (C=O) groups is 2. The first kappa shape index (κ1) is 29.7. The molecule has 0 heterocycles. The number of halogens is 3. The van der Waals surface area contributed by atoms with E-state index >= 15 is 0 Å². The van der Waals surface area contributed by atoms with Crippen molar-refractivity contribution in [2.24, 2.45) is 0 Å². The minimum Gasteiger partial charge on any atom is -0.481 e. The highest BCUT2D eigenvalue weighted by molar-refractivity contribution is 7.90. The normalized spacial score (nSPS) is 12.6. The smallest absolute Gasteiger partial charge is 0.481 e. The third-order valence-electron chi connectivity index (χ3n) is 3.82. The van der Waals surface area contributed by atoms with Crippen LogP contribution in [0.25, 0.3) is 0 Å². The van der Waals surface area contributed by atoms with E-state index in [-0.39, 0.29) is 6.42 Å². The van der Waals surface area contributed by atoms with E-state index in [9.17, 15) is 26.4 Å². The van der Waals surface area contributed by atoms with Crippen LogP contribution in [0.5, 0.6) is 11.5 Å². The van der Waals surface area contributed by atoms with Crippen LogP contribution in [0.15, 0.2) is 54.6 Å². The van der Waals surface area contributed by atoms with Crippen molar-refractivity contribution in [2.75, 3.05) is 32.4 Å². The molecule has 0 unspecified atom stereocenters. The zero-order valence-corrected chi connectivity index (χ0v) is 19.9. The third kappa shape index (κ3) is 13.2. The zero-order chi connectivity index (χ0) is 26.9. The van der Waals surface area contributed by atoms with Crippen molar-refractivity contribution in [1.82, 2.24) is 4.72 Å². The number of carboxylic acid groups (broad SMARTS) is 2. The maximum absolute atomic E-state index is 12.5. The lowest BCUT2D eigenvalue weighted by Gasteiger charge is -2.29. The predicted molar refractivity (Wildman–Crippen MR) is 121 cm³/mol. The van der Waals surface area contributed by atoms with Crippen LogP contribution in [0.3, 0.4) is 0 Å². The molecular weight excluding hydrogens is 495 g/mol. The number of ether oxygens (including phenoxy) is 1. The number of benzene rings is 2. The van der Waals surface area contributed by atoms with Crippen LogP contribution in [0.1, 0.15) is 6.42 Å². The van der Waals surface area contributed by atoms with Gasteiger partial charge < -0.3 is 19.4 Å². The maximum atomic E-state index is 12.5. The van der Waals surface area contributed by atoms with E-state index in [0.29, 0.717) is 28.2 Å². The molecule has 0 aliphatic rings. The largest absolute Gasteiger partial charge is 0.490 e. The van der Waals surface area contributed by atoms with Crippen LogP contribution in [-0.2, 0) is 19.8 Å². The highest BCUT2D eigenvalue weighted by atomic mass is 32.2. The Kier molecular flexibility index (Phi) is 10.5. The van der Waals surface area contributed by atoms with Gasteiger partial charge in [-0.3, -0.25) is 9.52 Å². The number of quaternary nitrogens is 1. The van der Waals surface area contributed by atoms with Crippen molar-refractivity contribution in [1.29, 1.82) is 0 Å². The summed E-state index contributed by atoms with van der Waals surface area (Å²) in [4.78, 5) is 20.0. The second-order valence-electron chi connectivity index (χ2n) is 8.24. The first-order valence-electron chi connectivity index (χ1n) is 9.92. The number of carboxylic acids is 2. The van der Waals surface area contributed by atoms with Gasteiger partial charge in [-0.05, 0) is 24.3 Å². The fraction of sp³-hybridized carbons (Fsp3) is 0.333. The van der Waals surface area contributed by atoms with Crippen LogP contribution >= 0.6 is 0 Å². The molecule has 0 saturated heterocycles. The van der Waals surface area contributed by atoms with Crippen molar-refractivity contribution < 1.29 is 50.6 Å². The van der Waals surface area contributed by atoms with Crippen molar-refractivity contribution in [3.63, 3.8) is 0 Å². The zero-order valence-electron chi connectivity index (χ0n) is 19.1. The average Bonchev–Trinajstić information content (AvgIpc) is 2.66. The number of nitrogens with one attached hydrogen (secondary N) is 2.